The van der Waals surface area contributed by atoms with E-state index in [1.807, 2.05) is 12.1 Å². The van der Waals surface area contributed by atoms with Crippen molar-refractivity contribution in [3.63, 3.8) is 0 Å². The zero-order valence-corrected chi connectivity index (χ0v) is 13.7. The summed E-state index contributed by atoms with van der Waals surface area (Å²) in [4.78, 5) is 0. The fourth-order valence-corrected chi connectivity index (χ4v) is 3.78. The van der Waals surface area contributed by atoms with E-state index in [0.29, 0.717) is 25.2 Å². The molecule has 3 unspecified atom stereocenters. The summed E-state index contributed by atoms with van der Waals surface area (Å²) in [5, 5.41) is -0.0773. The summed E-state index contributed by atoms with van der Waals surface area (Å²) in [6.45, 7) is 4.19. The van der Waals surface area contributed by atoms with Crippen LogP contribution in [0.25, 0.3) is 0 Å². The molecular weight excluding hydrogens is 344 g/mol. The van der Waals surface area contributed by atoms with Crippen LogP contribution in [0.5, 0.6) is 11.5 Å². The van der Waals surface area contributed by atoms with Crippen LogP contribution in [-0.4, -0.2) is 25.9 Å². The van der Waals surface area contributed by atoms with E-state index < -0.39 is 0 Å². The summed E-state index contributed by atoms with van der Waals surface area (Å²) in [5.74, 6) is 1.92. The summed E-state index contributed by atoms with van der Waals surface area (Å²) in [6.07, 6.45) is 2.19. The molecule has 0 amide bonds. The Balaban J connectivity index is 1.87. The van der Waals surface area contributed by atoms with E-state index in [2.05, 4.69) is 22.9 Å². The zero-order valence-electron chi connectivity index (χ0n) is 11.4. The highest BCUT2D eigenvalue weighted by molar-refractivity contribution is 9.10. The largest absolute Gasteiger partial charge is 0.490 e. The minimum atomic E-state index is -0.0773. The summed E-state index contributed by atoms with van der Waals surface area (Å²) in [6, 6.07) is 3.97. The molecule has 3 nitrogen and oxygen atoms in total. The first-order valence-electron chi connectivity index (χ1n) is 7.00. The van der Waals surface area contributed by atoms with E-state index in [0.717, 1.165) is 41.0 Å². The van der Waals surface area contributed by atoms with Crippen molar-refractivity contribution in [1.82, 2.24) is 0 Å². The lowest BCUT2D eigenvalue weighted by Crippen LogP contribution is -2.09. The summed E-state index contributed by atoms with van der Waals surface area (Å²) in [7, 11) is 0. The van der Waals surface area contributed by atoms with Crippen LogP contribution in [0.15, 0.2) is 16.6 Å². The molecule has 0 aliphatic carbocycles. The van der Waals surface area contributed by atoms with Crippen molar-refractivity contribution >= 4 is 27.5 Å². The Morgan fingerprint density at radius 1 is 1.25 bits per heavy atom. The molecule has 0 radical (unpaired) electrons. The first-order chi connectivity index (χ1) is 9.65. The molecule has 5 heteroatoms. The van der Waals surface area contributed by atoms with Gasteiger partial charge in [-0.1, -0.05) is 15.9 Å². The fourth-order valence-electron chi connectivity index (χ4n) is 2.72. The number of ether oxygens (including phenoxy) is 3. The Morgan fingerprint density at radius 2 is 1.95 bits per heavy atom. The molecule has 3 atom stereocenters. The van der Waals surface area contributed by atoms with E-state index in [9.17, 15) is 0 Å². The first-order valence-corrected chi connectivity index (χ1v) is 8.23. The topological polar surface area (TPSA) is 27.7 Å². The molecule has 20 heavy (non-hydrogen) atoms. The van der Waals surface area contributed by atoms with Crippen LogP contribution in [0.4, 0.5) is 0 Å². The second kappa shape index (κ2) is 6.12. The number of alkyl halides is 1. The van der Waals surface area contributed by atoms with Gasteiger partial charge >= 0.3 is 0 Å². The molecule has 0 N–H and O–H groups in total. The lowest BCUT2D eigenvalue weighted by Gasteiger charge is -2.19. The van der Waals surface area contributed by atoms with Crippen molar-refractivity contribution in [3.05, 3.63) is 22.2 Å². The van der Waals surface area contributed by atoms with Crippen molar-refractivity contribution in [2.75, 3.05) is 19.8 Å². The number of rotatable bonds is 2. The number of fused-ring (bicyclic) bond motifs is 1. The van der Waals surface area contributed by atoms with Gasteiger partial charge in [-0.2, -0.15) is 0 Å². The number of halogens is 2. The van der Waals surface area contributed by atoms with Gasteiger partial charge in [0.25, 0.3) is 0 Å². The second-order valence-electron chi connectivity index (χ2n) is 5.41. The van der Waals surface area contributed by atoms with Crippen molar-refractivity contribution in [1.29, 1.82) is 0 Å². The molecule has 0 bridgehead atoms. The van der Waals surface area contributed by atoms with Gasteiger partial charge in [0.15, 0.2) is 11.5 Å². The van der Waals surface area contributed by atoms with Gasteiger partial charge < -0.3 is 14.2 Å². The van der Waals surface area contributed by atoms with Gasteiger partial charge in [0.05, 0.1) is 31.3 Å². The fraction of sp³-hybridized carbons (Fsp3) is 0.600. The molecule has 2 aliphatic heterocycles. The summed E-state index contributed by atoms with van der Waals surface area (Å²) in [5.41, 5.74) is 1.05. The average Bonchev–Trinajstić information content (AvgIpc) is 2.73. The monoisotopic (exact) mass is 360 g/mol. The zero-order chi connectivity index (χ0) is 14.1. The summed E-state index contributed by atoms with van der Waals surface area (Å²) >= 11 is 10.3. The van der Waals surface area contributed by atoms with E-state index in [-0.39, 0.29) is 5.38 Å². The Kier molecular flexibility index (Phi) is 4.43. The van der Waals surface area contributed by atoms with Crippen LogP contribution in [0.2, 0.25) is 0 Å². The molecule has 2 heterocycles. The molecule has 1 fully saturated rings. The maximum absolute atomic E-state index is 6.66. The third kappa shape index (κ3) is 2.92. The Bertz CT molecular complexity index is 494. The Hall–Kier alpha value is -0.450. The smallest absolute Gasteiger partial charge is 0.162 e. The van der Waals surface area contributed by atoms with Gasteiger partial charge in [-0.3, -0.25) is 0 Å². The molecule has 0 spiro atoms. The Labute approximate surface area is 132 Å². The predicted octanol–water partition coefficient (Wildman–Crippen LogP) is 4.32. The maximum Gasteiger partial charge on any atom is 0.162 e. The molecule has 3 rings (SSSR count). The van der Waals surface area contributed by atoms with Crippen molar-refractivity contribution in [2.45, 2.75) is 31.2 Å². The van der Waals surface area contributed by atoms with Crippen LogP contribution < -0.4 is 9.47 Å². The van der Waals surface area contributed by atoms with Crippen LogP contribution in [-0.2, 0) is 4.74 Å². The maximum atomic E-state index is 6.66. The third-order valence-electron chi connectivity index (χ3n) is 3.81. The highest BCUT2D eigenvalue weighted by Crippen LogP contribution is 2.44. The average molecular weight is 362 g/mol. The lowest BCUT2D eigenvalue weighted by atomic mass is 9.96. The van der Waals surface area contributed by atoms with Crippen LogP contribution in [0, 0.1) is 5.92 Å². The second-order valence-corrected chi connectivity index (χ2v) is 6.74. The van der Waals surface area contributed by atoms with Crippen LogP contribution >= 0.6 is 27.5 Å². The predicted molar refractivity (Wildman–Crippen MR) is 81.9 cm³/mol. The van der Waals surface area contributed by atoms with Gasteiger partial charge in [0, 0.05) is 16.8 Å². The van der Waals surface area contributed by atoms with Crippen molar-refractivity contribution < 1.29 is 14.2 Å². The molecule has 1 aromatic carbocycles. The number of hydrogen-bond donors (Lipinski definition) is 0. The normalized spacial score (nSPS) is 27.1. The molecule has 110 valence electrons. The molecule has 1 aromatic rings. The molecule has 1 saturated heterocycles. The molecule has 2 aliphatic rings. The molecule has 0 saturated carbocycles. The number of hydrogen-bond acceptors (Lipinski definition) is 3. The van der Waals surface area contributed by atoms with Gasteiger partial charge in [-0.05, 0) is 31.0 Å². The third-order valence-corrected chi connectivity index (χ3v) is 5.09. The quantitative estimate of drug-likeness (QED) is 0.734. The molecule has 0 aromatic heterocycles. The molecular formula is C15H18BrClO3. The van der Waals surface area contributed by atoms with E-state index >= 15 is 0 Å². The van der Waals surface area contributed by atoms with Gasteiger partial charge in [0.1, 0.15) is 0 Å². The van der Waals surface area contributed by atoms with E-state index in [1.165, 1.54) is 0 Å². The van der Waals surface area contributed by atoms with Crippen molar-refractivity contribution in [3.8, 4) is 11.5 Å². The minimum Gasteiger partial charge on any atom is -0.490 e. The van der Waals surface area contributed by atoms with Crippen LogP contribution in [0.1, 0.15) is 30.7 Å². The Morgan fingerprint density at radius 3 is 2.60 bits per heavy atom. The highest BCUT2D eigenvalue weighted by atomic mass is 79.9. The highest BCUT2D eigenvalue weighted by Gasteiger charge is 2.31. The first kappa shape index (κ1) is 14.5. The standard InChI is InChI=1S/C15H18BrClO3/c1-9-5-10(8-20-9)15(17)11-6-13-14(7-12(11)16)19-4-2-3-18-13/h6-7,9-10,15H,2-5,8H2,1H3. The minimum absolute atomic E-state index is 0.0773. The van der Waals surface area contributed by atoms with Gasteiger partial charge in [-0.15, -0.1) is 11.6 Å². The van der Waals surface area contributed by atoms with Crippen molar-refractivity contribution in [2.24, 2.45) is 5.92 Å². The number of benzene rings is 1. The SMILES string of the molecule is CC1CC(C(Cl)c2cc3c(cc2Br)OCCCO3)CO1. The van der Waals surface area contributed by atoms with E-state index in [4.69, 9.17) is 25.8 Å². The van der Waals surface area contributed by atoms with E-state index in [1.54, 1.807) is 0 Å². The van der Waals surface area contributed by atoms with Crippen LogP contribution in [0.3, 0.4) is 0 Å². The van der Waals surface area contributed by atoms with Gasteiger partial charge in [0.2, 0.25) is 0 Å². The lowest BCUT2D eigenvalue weighted by molar-refractivity contribution is 0.119. The van der Waals surface area contributed by atoms with Gasteiger partial charge in [-0.25, -0.2) is 0 Å². The summed E-state index contributed by atoms with van der Waals surface area (Å²) < 4.78 is 18.0.